The molecule has 6 heteroatoms. The second kappa shape index (κ2) is 8.01. The molecule has 1 saturated heterocycles. The summed E-state index contributed by atoms with van der Waals surface area (Å²) >= 11 is 9.37. The number of piperazine rings is 1. The first-order chi connectivity index (χ1) is 11.6. The number of nitrogens with one attached hydrogen (secondary N) is 1. The first-order valence-corrected chi connectivity index (χ1v) is 9.06. The molecular weight excluding hydrogens is 390 g/mol. The topological polar surface area (TPSA) is 35.6 Å². The van der Waals surface area contributed by atoms with Gasteiger partial charge in [-0.1, -0.05) is 35.9 Å². The Morgan fingerprint density at radius 2 is 1.71 bits per heavy atom. The summed E-state index contributed by atoms with van der Waals surface area (Å²) in [5.74, 6) is 0. The van der Waals surface area contributed by atoms with Crippen LogP contribution in [0.15, 0.2) is 53.0 Å². The van der Waals surface area contributed by atoms with E-state index in [1.54, 1.807) is 0 Å². The Labute approximate surface area is 155 Å². The second-order valence-electron chi connectivity index (χ2n) is 5.80. The fourth-order valence-corrected chi connectivity index (χ4v) is 3.22. The van der Waals surface area contributed by atoms with Crippen LogP contribution in [-0.4, -0.2) is 42.0 Å². The molecule has 1 aliphatic heterocycles. The van der Waals surface area contributed by atoms with Crippen molar-refractivity contribution in [2.75, 3.05) is 31.5 Å². The molecule has 24 heavy (non-hydrogen) atoms. The Balaban J connectivity index is 1.50. The number of para-hydroxylation sites is 1. The number of benzene rings is 2. The van der Waals surface area contributed by atoms with Crippen LogP contribution in [0.3, 0.4) is 0 Å². The molecule has 2 aromatic rings. The zero-order valence-corrected chi connectivity index (χ0v) is 15.6. The van der Waals surface area contributed by atoms with Crippen molar-refractivity contribution in [3.63, 3.8) is 0 Å². The molecule has 1 aliphatic rings. The van der Waals surface area contributed by atoms with Crippen LogP contribution in [0.2, 0.25) is 5.02 Å². The zero-order chi connectivity index (χ0) is 16.9. The molecule has 126 valence electrons. The number of carbonyl (C=O) groups is 1. The molecule has 1 N–H and O–H groups in total. The highest BCUT2D eigenvalue weighted by atomic mass is 79.9. The first kappa shape index (κ1) is 17.3. The molecule has 0 atom stereocenters. The summed E-state index contributed by atoms with van der Waals surface area (Å²) in [6, 6.07) is 15.5. The largest absolute Gasteiger partial charge is 0.322 e. The second-order valence-corrected chi connectivity index (χ2v) is 7.09. The number of rotatable bonds is 3. The lowest BCUT2D eigenvalue weighted by atomic mass is 10.2. The Kier molecular flexibility index (Phi) is 5.76. The number of hydrogen-bond donors (Lipinski definition) is 1. The predicted molar refractivity (Wildman–Crippen MR) is 101 cm³/mol. The summed E-state index contributed by atoms with van der Waals surface area (Å²) in [6.45, 7) is 4.07. The third-order valence-electron chi connectivity index (χ3n) is 4.09. The van der Waals surface area contributed by atoms with Crippen molar-refractivity contribution in [1.29, 1.82) is 0 Å². The van der Waals surface area contributed by atoms with E-state index in [1.165, 1.54) is 5.56 Å². The van der Waals surface area contributed by atoms with Crippen LogP contribution in [-0.2, 0) is 6.54 Å². The molecule has 0 spiro atoms. The highest BCUT2D eigenvalue weighted by Gasteiger charge is 2.21. The quantitative estimate of drug-likeness (QED) is 0.814. The highest BCUT2D eigenvalue weighted by molar-refractivity contribution is 9.10. The third kappa shape index (κ3) is 4.50. The van der Waals surface area contributed by atoms with Gasteiger partial charge in [0, 0.05) is 42.2 Å². The summed E-state index contributed by atoms with van der Waals surface area (Å²) in [4.78, 5) is 16.6. The monoisotopic (exact) mass is 407 g/mol. The van der Waals surface area contributed by atoms with Gasteiger partial charge in [0.05, 0.1) is 5.69 Å². The van der Waals surface area contributed by atoms with Crippen molar-refractivity contribution in [3.8, 4) is 0 Å². The Morgan fingerprint density at radius 3 is 2.38 bits per heavy atom. The van der Waals surface area contributed by atoms with Gasteiger partial charge < -0.3 is 10.2 Å². The van der Waals surface area contributed by atoms with E-state index in [2.05, 4.69) is 26.1 Å². The van der Waals surface area contributed by atoms with Gasteiger partial charge in [0.1, 0.15) is 0 Å². The van der Waals surface area contributed by atoms with Crippen LogP contribution in [0.4, 0.5) is 10.5 Å². The molecule has 2 amide bonds. The fraction of sp³-hybridized carbons (Fsp3) is 0.278. The van der Waals surface area contributed by atoms with Gasteiger partial charge in [0.25, 0.3) is 0 Å². The molecule has 0 bridgehead atoms. The lowest BCUT2D eigenvalue weighted by molar-refractivity contribution is 0.143. The summed E-state index contributed by atoms with van der Waals surface area (Å²) in [5.41, 5.74) is 2.04. The zero-order valence-electron chi connectivity index (χ0n) is 13.2. The van der Waals surface area contributed by atoms with Crippen molar-refractivity contribution >= 4 is 39.2 Å². The molecule has 0 aromatic heterocycles. The maximum Gasteiger partial charge on any atom is 0.321 e. The molecule has 0 radical (unpaired) electrons. The van der Waals surface area contributed by atoms with E-state index < -0.39 is 0 Å². The van der Waals surface area contributed by atoms with Crippen LogP contribution in [0.25, 0.3) is 0 Å². The standard InChI is InChI=1S/C18H19BrClN3O/c19-16-3-1-2-4-17(16)21-18(24)23-11-9-22(10-12-23)13-14-5-7-15(20)8-6-14/h1-8H,9-13H2,(H,21,24). The molecular formula is C18H19BrClN3O. The van der Waals surface area contributed by atoms with Gasteiger partial charge in [-0.15, -0.1) is 0 Å². The third-order valence-corrected chi connectivity index (χ3v) is 5.04. The van der Waals surface area contributed by atoms with Gasteiger partial charge in [-0.2, -0.15) is 0 Å². The molecule has 1 heterocycles. The van der Waals surface area contributed by atoms with Gasteiger partial charge >= 0.3 is 6.03 Å². The van der Waals surface area contributed by atoms with E-state index in [0.717, 1.165) is 47.9 Å². The van der Waals surface area contributed by atoms with E-state index in [4.69, 9.17) is 11.6 Å². The molecule has 1 fully saturated rings. The Bertz CT molecular complexity index is 700. The molecule has 0 unspecified atom stereocenters. The predicted octanol–water partition coefficient (Wildman–Crippen LogP) is 4.45. The van der Waals surface area contributed by atoms with E-state index in [1.807, 2.05) is 53.4 Å². The van der Waals surface area contributed by atoms with E-state index in [-0.39, 0.29) is 6.03 Å². The van der Waals surface area contributed by atoms with Gasteiger partial charge in [-0.3, -0.25) is 4.90 Å². The van der Waals surface area contributed by atoms with Crippen LogP contribution >= 0.6 is 27.5 Å². The van der Waals surface area contributed by atoms with Crippen molar-refractivity contribution in [2.45, 2.75) is 6.54 Å². The van der Waals surface area contributed by atoms with Gasteiger partial charge in [0.2, 0.25) is 0 Å². The highest BCUT2D eigenvalue weighted by Crippen LogP contribution is 2.22. The van der Waals surface area contributed by atoms with Gasteiger partial charge in [0.15, 0.2) is 0 Å². The molecule has 0 aliphatic carbocycles. The minimum atomic E-state index is -0.0481. The number of nitrogens with zero attached hydrogens (tertiary/aromatic N) is 2. The Hall–Kier alpha value is -1.56. The van der Waals surface area contributed by atoms with Crippen LogP contribution < -0.4 is 5.32 Å². The lowest BCUT2D eigenvalue weighted by Gasteiger charge is -2.34. The number of urea groups is 1. The number of amides is 2. The van der Waals surface area contributed by atoms with E-state index in [9.17, 15) is 4.79 Å². The smallest absolute Gasteiger partial charge is 0.321 e. The number of carbonyl (C=O) groups excluding carboxylic acids is 1. The van der Waals surface area contributed by atoms with Crippen molar-refractivity contribution in [3.05, 3.63) is 63.6 Å². The lowest BCUT2D eigenvalue weighted by Crippen LogP contribution is -2.49. The Morgan fingerprint density at radius 1 is 1.04 bits per heavy atom. The van der Waals surface area contributed by atoms with Crippen LogP contribution in [0, 0.1) is 0 Å². The van der Waals surface area contributed by atoms with E-state index >= 15 is 0 Å². The minimum absolute atomic E-state index is 0.0481. The van der Waals surface area contributed by atoms with Crippen molar-refractivity contribution in [2.24, 2.45) is 0 Å². The van der Waals surface area contributed by atoms with Gasteiger partial charge in [-0.25, -0.2) is 4.79 Å². The minimum Gasteiger partial charge on any atom is -0.322 e. The SMILES string of the molecule is O=C(Nc1ccccc1Br)N1CCN(Cc2ccc(Cl)cc2)CC1. The maximum absolute atomic E-state index is 12.4. The number of hydrogen-bond acceptors (Lipinski definition) is 2. The van der Waals surface area contributed by atoms with Crippen molar-refractivity contribution in [1.82, 2.24) is 9.80 Å². The fourth-order valence-electron chi connectivity index (χ4n) is 2.71. The van der Waals surface area contributed by atoms with E-state index in [0.29, 0.717) is 0 Å². The average molecular weight is 409 g/mol. The molecule has 2 aromatic carbocycles. The van der Waals surface area contributed by atoms with Gasteiger partial charge in [-0.05, 0) is 45.8 Å². The first-order valence-electron chi connectivity index (χ1n) is 7.89. The number of anilines is 1. The average Bonchev–Trinajstić information content (AvgIpc) is 2.59. The summed E-state index contributed by atoms with van der Waals surface area (Å²) in [7, 11) is 0. The van der Waals surface area contributed by atoms with Crippen LogP contribution in [0.1, 0.15) is 5.56 Å². The summed E-state index contributed by atoms with van der Waals surface area (Å²) < 4.78 is 0.889. The summed E-state index contributed by atoms with van der Waals surface area (Å²) in [5, 5.41) is 3.71. The molecule has 4 nitrogen and oxygen atoms in total. The molecule has 3 rings (SSSR count). The number of halogens is 2. The maximum atomic E-state index is 12.4. The van der Waals surface area contributed by atoms with Crippen LogP contribution in [0.5, 0.6) is 0 Å². The molecule has 0 saturated carbocycles. The van der Waals surface area contributed by atoms with Crippen molar-refractivity contribution < 1.29 is 4.79 Å². The normalized spacial score (nSPS) is 15.3. The summed E-state index contributed by atoms with van der Waals surface area (Å²) in [6.07, 6.45) is 0.